The number of guanidine groups is 1. The molecule has 1 saturated heterocycles. The molecule has 2 aromatic rings. The molecule has 3 rings (SSSR count). The molecule has 27 heavy (non-hydrogen) atoms. The molecule has 2 aromatic carbocycles. The molecule has 1 atom stereocenters. The van der Waals surface area contributed by atoms with Gasteiger partial charge in [-0.25, -0.2) is 0 Å². The maximum absolute atomic E-state index is 12.4. The van der Waals surface area contributed by atoms with E-state index in [1.807, 2.05) is 54.3 Å². The molecule has 0 aliphatic carbocycles. The van der Waals surface area contributed by atoms with E-state index >= 15 is 0 Å². The van der Waals surface area contributed by atoms with Crippen molar-refractivity contribution in [1.82, 2.24) is 10.6 Å². The van der Waals surface area contributed by atoms with Crippen LogP contribution in [0.5, 0.6) is 5.75 Å². The molecule has 0 radical (unpaired) electrons. The molecule has 1 amide bonds. The predicted octanol–water partition coefficient (Wildman–Crippen LogP) is 2.30. The Hall–Kier alpha value is -3.02. The lowest BCUT2D eigenvalue weighted by Crippen LogP contribution is -2.44. The van der Waals surface area contributed by atoms with E-state index in [9.17, 15) is 9.90 Å². The van der Waals surface area contributed by atoms with Crippen molar-refractivity contribution in [2.24, 2.45) is 4.99 Å². The lowest BCUT2D eigenvalue weighted by Gasteiger charge is -2.19. The summed E-state index contributed by atoms with van der Waals surface area (Å²) in [6.45, 7) is 3.99. The van der Waals surface area contributed by atoms with Gasteiger partial charge < -0.3 is 20.6 Å². The van der Waals surface area contributed by atoms with Crippen LogP contribution in [0.25, 0.3) is 0 Å². The van der Waals surface area contributed by atoms with E-state index in [1.54, 1.807) is 12.1 Å². The van der Waals surface area contributed by atoms with Crippen LogP contribution in [-0.2, 0) is 11.2 Å². The SMILES string of the molecule is CCNC(=NCCc1cccc(O)c1)NC1CC(=O)N(c2ccccc2)C1. The molecule has 1 aliphatic heterocycles. The van der Waals surface area contributed by atoms with Gasteiger partial charge in [-0.1, -0.05) is 30.3 Å². The molecule has 3 N–H and O–H groups in total. The third-order valence-corrected chi connectivity index (χ3v) is 4.46. The van der Waals surface area contributed by atoms with Gasteiger partial charge in [-0.3, -0.25) is 9.79 Å². The van der Waals surface area contributed by atoms with E-state index in [0.29, 0.717) is 25.5 Å². The van der Waals surface area contributed by atoms with Crippen molar-refractivity contribution in [3.8, 4) is 5.75 Å². The molecule has 1 fully saturated rings. The third kappa shape index (κ3) is 5.23. The summed E-state index contributed by atoms with van der Waals surface area (Å²) in [6.07, 6.45) is 1.19. The second-order valence-corrected chi connectivity index (χ2v) is 6.57. The van der Waals surface area contributed by atoms with Gasteiger partial charge >= 0.3 is 0 Å². The molecule has 1 aliphatic rings. The highest BCUT2D eigenvalue weighted by Gasteiger charge is 2.30. The van der Waals surface area contributed by atoms with Gasteiger partial charge in [0.1, 0.15) is 5.75 Å². The van der Waals surface area contributed by atoms with Crippen LogP contribution in [0.4, 0.5) is 5.69 Å². The van der Waals surface area contributed by atoms with Gasteiger partial charge in [-0.05, 0) is 43.2 Å². The lowest BCUT2D eigenvalue weighted by atomic mass is 10.1. The minimum absolute atomic E-state index is 0.0243. The normalized spacial score (nSPS) is 17.2. The Morgan fingerprint density at radius 3 is 2.78 bits per heavy atom. The van der Waals surface area contributed by atoms with Crippen molar-refractivity contribution < 1.29 is 9.90 Å². The van der Waals surface area contributed by atoms with Crippen molar-refractivity contribution in [3.05, 3.63) is 60.2 Å². The number of hydrogen-bond acceptors (Lipinski definition) is 3. The fourth-order valence-electron chi connectivity index (χ4n) is 3.18. The van der Waals surface area contributed by atoms with E-state index in [1.165, 1.54) is 0 Å². The number of nitrogens with one attached hydrogen (secondary N) is 2. The smallest absolute Gasteiger partial charge is 0.229 e. The number of phenolic OH excluding ortho intramolecular Hbond substituents is 1. The summed E-state index contributed by atoms with van der Waals surface area (Å²) in [6, 6.07) is 17.0. The molecule has 0 saturated carbocycles. The first-order valence-corrected chi connectivity index (χ1v) is 9.34. The minimum Gasteiger partial charge on any atom is -0.508 e. The number of amides is 1. The van der Waals surface area contributed by atoms with Gasteiger partial charge in [-0.2, -0.15) is 0 Å². The van der Waals surface area contributed by atoms with Crippen LogP contribution >= 0.6 is 0 Å². The van der Waals surface area contributed by atoms with Crippen LogP contribution < -0.4 is 15.5 Å². The largest absolute Gasteiger partial charge is 0.508 e. The molecule has 0 aromatic heterocycles. The number of carbonyl (C=O) groups excluding carboxylic acids is 1. The summed E-state index contributed by atoms with van der Waals surface area (Å²) in [5, 5.41) is 16.2. The Bertz CT molecular complexity index is 792. The highest BCUT2D eigenvalue weighted by Crippen LogP contribution is 2.21. The Balaban J connectivity index is 1.58. The van der Waals surface area contributed by atoms with E-state index in [0.717, 1.165) is 24.2 Å². The van der Waals surface area contributed by atoms with Gasteiger partial charge in [-0.15, -0.1) is 0 Å². The molecule has 1 unspecified atom stereocenters. The number of phenols is 1. The number of rotatable bonds is 6. The number of hydrogen-bond donors (Lipinski definition) is 3. The van der Waals surface area contributed by atoms with Gasteiger partial charge in [0.25, 0.3) is 0 Å². The van der Waals surface area contributed by atoms with Gasteiger partial charge in [0.05, 0.1) is 6.04 Å². The Labute approximate surface area is 159 Å². The number of aromatic hydroxyl groups is 1. The zero-order valence-electron chi connectivity index (χ0n) is 15.6. The van der Waals surface area contributed by atoms with Crippen LogP contribution in [0.15, 0.2) is 59.6 Å². The van der Waals surface area contributed by atoms with E-state index in [-0.39, 0.29) is 17.7 Å². The van der Waals surface area contributed by atoms with Crippen molar-refractivity contribution in [3.63, 3.8) is 0 Å². The van der Waals surface area contributed by atoms with Crippen molar-refractivity contribution in [1.29, 1.82) is 0 Å². The maximum Gasteiger partial charge on any atom is 0.229 e. The maximum atomic E-state index is 12.4. The van der Waals surface area contributed by atoms with E-state index in [2.05, 4.69) is 15.6 Å². The predicted molar refractivity (Wildman–Crippen MR) is 108 cm³/mol. The molecule has 0 spiro atoms. The number of carbonyl (C=O) groups is 1. The molecular formula is C21H26N4O2. The fourth-order valence-corrected chi connectivity index (χ4v) is 3.18. The Morgan fingerprint density at radius 1 is 1.22 bits per heavy atom. The van der Waals surface area contributed by atoms with Crippen molar-refractivity contribution in [2.75, 3.05) is 24.5 Å². The lowest BCUT2D eigenvalue weighted by molar-refractivity contribution is -0.117. The molecule has 6 nitrogen and oxygen atoms in total. The standard InChI is InChI=1S/C21H26N4O2/c1-2-22-21(23-12-11-16-7-6-10-19(26)13-16)24-17-14-20(27)25(15-17)18-8-4-3-5-9-18/h3-10,13,17,26H,2,11-12,14-15H2,1H3,(H2,22,23,24). The molecular weight excluding hydrogens is 340 g/mol. The van der Waals surface area contributed by atoms with Crippen molar-refractivity contribution >= 4 is 17.6 Å². The molecule has 0 bridgehead atoms. The number of anilines is 1. The van der Waals surface area contributed by atoms with Gasteiger partial charge in [0.2, 0.25) is 5.91 Å². The number of benzene rings is 2. The Kier molecular flexibility index (Phi) is 6.30. The van der Waals surface area contributed by atoms with Crippen LogP contribution in [0.1, 0.15) is 18.9 Å². The van der Waals surface area contributed by atoms with E-state index < -0.39 is 0 Å². The zero-order chi connectivity index (χ0) is 19.1. The molecule has 6 heteroatoms. The van der Waals surface area contributed by atoms with Gasteiger partial charge in [0.15, 0.2) is 5.96 Å². The fraction of sp³-hybridized carbons (Fsp3) is 0.333. The highest BCUT2D eigenvalue weighted by atomic mass is 16.3. The molecule has 1 heterocycles. The zero-order valence-corrected chi connectivity index (χ0v) is 15.6. The average Bonchev–Trinajstić information content (AvgIpc) is 3.03. The summed E-state index contributed by atoms with van der Waals surface area (Å²) in [7, 11) is 0. The number of nitrogens with zero attached hydrogens (tertiary/aromatic N) is 2. The van der Waals surface area contributed by atoms with E-state index in [4.69, 9.17) is 0 Å². The first kappa shape index (κ1) is 18.8. The first-order valence-electron chi connectivity index (χ1n) is 9.34. The Morgan fingerprint density at radius 2 is 2.04 bits per heavy atom. The van der Waals surface area contributed by atoms with Crippen LogP contribution in [0.3, 0.4) is 0 Å². The quantitative estimate of drug-likeness (QED) is 0.542. The minimum atomic E-state index is 0.0243. The summed E-state index contributed by atoms with van der Waals surface area (Å²) in [4.78, 5) is 18.8. The van der Waals surface area contributed by atoms with Crippen LogP contribution in [-0.4, -0.2) is 42.6 Å². The summed E-state index contributed by atoms with van der Waals surface area (Å²) in [5.74, 6) is 1.10. The van der Waals surface area contributed by atoms with Crippen LogP contribution in [0.2, 0.25) is 0 Å². The van der Waals surface area contributed by atoms with Crippen molar-refractivity contribution in [2.45, 2.75) is 25.8 Å². The first-order chi connectivity index (χ1) is 13.2. The number of para-hydroxylation sites is 1. The molecule has 142 valence electrons. The second-order valence-electron chi connectivity index (χ2n) is 6.57. The van der Waals surface area contributed by atoms with Crippen LogP contribution in [0, 0.1) is 0 Å². The average molecular weight is 366 g/mol. The highest BCUT2D eigenvalue weighted by molar-refractivity contribution is 5.97. The second kappa shape index (κ2) is 9.07. The summed E-state index contributed by atoms with van der Waals surface area (Å²) < 4.78 is 0. The number of aliphatic imine (C=N–C) groups is 1. The monoisotopic (exact) mass is 366 g/mol. The summed E-state index contributed by atoms with van der Waals surface area (Å²) >= 11 is 0. The summed E-state index contributed by atoms with van der Waals surface area (Å²) in [5.41, 5.74) is 1.97. The van der Waals surface area contributed by atoms with Gasteiger partial charge in [0, 0.05) is 31.7 Å². The third-order valence-electron chi connectivity index (χ3n) is 4.46. The topological polar surface area (TPSA) is 77.0 Å².